The number of aromatic nitrogens is 2. The van der Waals surface area contributed by atoms with Gasteiger partial charge in [-0.05, 0) is 61.7 Å². The zero-order valence-corrected chi connectivity index (χ0v) is 22.5. The van der Waals surface area contributed by atoms with Gasteiger partial charge in [0.2, 0.25) is 0 Å². The fourth-order valence-electron chi connectivity index (χ4n) is 8.31. The minimum absolute atomic E-state index is 0.0216. The van der Waals surface area contributed by atoms with E-state index in [1.807, 2.05) is 40.2 Å². The lowest BCUT2D eigenvalue weighted by Gasteiger charge is -2.61. The first kappa shape index (κ1) is 26.7. The number of rotatable bonds is 3. The van der Waals surface area contributed by atoms with Crippen molar-refractivity contribution in [1.29, 1.82) is 0 Å². The zero-order chi connectivity index (χ0) is 25.1. The Morgan fingerprint density at radius 3 is 2.44 bits per heavy atom. The summed E-state index contributed by atoms with van der Waals surface area (Å²) in [6, 6.07) is 0. The fourth-order valence-corrected chi connectivity index (χ4v) is 8.31. The molecule has 0 radical (unpaired) electrons. The third kappa shape index (κ3) is 4.28. The van der Waals surface area contributed by atoms with E-state index >= 15 is 0 Å². The highest BCUT2D eigenvalue weighted by Crippen LogP contribution is 2.68. The standard InChI is InChI=1S/C25H34N2O3.2C2H6/c1-16(29)30-22-13-18-19(24(2)8-5-4-6-20(22)24)7-9-25(3)21(18)12-17(14-28)23(25)27-11-10-26-15-27;2*1-2/h10-11,14-15,18-22H,4-9,12-13H2,1-3H3;2*1-2H3. The van der Waals surface area contributed by atoms with Gasteiger partial charge in [0.25, 0.3) is 0 Å². The molecule has 0 aromatic carbocycles. The minimum Gasteiger partial charge on any atom is -0.462 e. The Morgan fingerprint density at radius 2 is 1.82 bits per heavy atom. The number of carbonyl (C=O) groups excluding carboxylic acids is 2. The molecular formula is C29H46N2O3. The number of esters is 1. The number of carbonyl (C=O) groups is 2. The van der Waals surface area contributed by atoms with Crippen molar-refractivity contribution >= 4 is 18.0 Å². The first-order valence-corrected chi connectivity index (χ1v) is 13.7. The predicted molar refractivity (Wildman–Crippen MR) is 137 cm³/mol. The summed E-state index contributed by atoms with van der Waals surface area (Å²) in [6.45, 7) is 14.4. The average Bonchev–Trinajstić information content (AvgIpc) is 3.46. The molecule has 4 aliphatic carbocycles. The van der Waals surface area contributed by atoms with Gasteiger partial charge >= 0.3 is 5.97 Å². The number of fused-ring (bicyclic) bond motifs is 5. The molecule has 1 aromatic rings. The van der Waals surface area contributed by atoms with Crippen LogP contribution in [-0.2, 0) is 14.3 Å². The Kier molecular flexibility index (Phi) is 8.47. The van der Waals surface area contributed by atoms with Crippen LogP contribution in [0.15, 0.2) is 24.3 Å². The lowest BCUT2D eigenvalue weighted by atomic mass is 9.44. The van der Waals surface area contributed by atoms with E-state index in [1.165, 1.54) is 32.1 Å². The van der Waals surface area contributed by atoms with Gasteiger partial charge < -0.3 is 9.30 Å². The first-order valence-electron chi connectivity index (χ1n) is 13.7. The number of hydrogen-bond acceptors (Lipinski definition) is 4. The topological polar surface area (TPSA) is 61.2 Å². The molecule has 0 aliphatic heterocycles. The Balaban J connectivity index is 0.000000771. The predicted octanol–water partition coefficient (Wildman–Crippen LogP) is 6.93. The van der Waals surface area contributed by atoms with Crippen molar-refractivity contribution < 1.29 is 14.3 Å². The van der Waals surface area contributed by atoms with Gasteiger partial charge in [0.1, 0.15) is 12.4 Å². The van der Waals surface area contributed by atoms with Gasteiger partial charge in [0.05, 0.1) is 6.33 Å². The summed E-state index contributed by atoms with van der Waals surface area (Å²) in [6.07, 6.45) is 15.7. The Hall–Kier alpha value is -1.91. The number of nitrogens with zero attached hydrogens (tertiary/aromatic N) is 2. The molecule has 5 heteroatoms. The van der Waals surface area contributed by atoms with Crippen molar-refractivity contribution in [2.45, 2.75) is 106 Å². The van der Waals surface area contributed by atoms with Crippen molar-refractivity contribution in [3.63, 3.8) is 0 Å². The summed E-state index contributed by atoms with van der Waals surface area (Å²) in [5.74, 6) is 1.90. The summed E-state index contributed by atoms with van der Waals surface area (Å²) in [5.41, 5.74) is 2.29. The fraction of sp³-hybridized carbons (Fsp3) is 0.759. The minimum atomic E-state index is -0.151. The van der Waals surface area contributed by atoms with E-state index in [0.717, 1.165) is 36.8 Å². The quantitative estimate of drug-likeness (QED) is 0.355. The van der Waals surface area contributed by atoms with E-state index in [4.69, 9.17) is 4.74 Å². The summed E-state index contributed by atoms with van der Waals surface area (Å²) < 4.78 is 8.04. The van der Waals surface area contributed by atoms with Gasteiger partial charge in [-0.1, -0.05) is 54.4 Å². The molecule has 3 fully saturated rings. The number of aldehydes is 1. The molecule has 0 N–H and O–H groups in total. The van der Waals surface area contributed by atoms with Crippen LogP contribution in [0.1, 0.15) is 99.8 Å². The maximum atomic E-state index is 12.1. The molecule has 0 saturated heterocycles. The monoisotopic (exact) mass is 470 g/mol. The van der Waals surface area contributed by atoms with Crippen LogP contribution in [0.3, 0.4) is 0 Å². The molecule has 4 aliphatic rings. The van der Waals surface area contributed by atoms with E-state index in [-0.39, 0.29) is 22.9 Å². The van der Waals surface area contributed by atoms with Crippen molar-refractivity contribution in [2.24, 2.45) is 34.5 Å². The highest BCUT2D eigenvalue weighted by atomic mass is 16.5. The van der Waals surface area contributed by atoms with Crippen LogP contribution in [0.25, 0.3) is 5.70 Å². The smallest absolute Gasteiger partial charge is 0.302 e. The second-order valence-electron chi connectivity index (χ2n) is 10.7. The lowest BCUT2D eigenvalue weighted by molar-refractivity contribution is -0.180. The van der Waals surface area contributed by atoms with E-state index < -0.39 is 0 Å². The van der Waals surface area contributed by atoms with Crippen molar-refractivity contribution in [3.05, 3.63) is 24.3 Å². The number of allylic oxidation sites excluding steroid dienone is 2. The summed E-state index contributed by atoms with van der Waals surface area (Å²) in [4.78, 5) is 28.3. The molecule has 7 unspecified atom stereocenters. The molecule has 0 bridgehead atoms. The Morgan fingerprint density at radius 1 is 1.09 bits per heavy atom. The summed E-state index contributed by atoms with van der Waals surface area (Å²) in [5, 5.41) is 0. The SMILES string of the molecule is CC.CC.CC(=O)OC1CC2C3CC(C=O)=C(n4ccnc4)C3(C)CCC2C2(C)CCCCC12. The maximum Gasteiger partial charge on any atom is 0.302 e. The number of imidazole rings is 1. The molecule has 5 rings (SSSR count). The maximum absolute atomic E-state index is 12.1. The molecule has 3 saturated carbocycles. The van der Waals surface area contributed by atoms with Crippen LogP contribution in [-0.4, -0.2) is 27.9 Å². The summed E-state index contributed by atoms with van der Waals surface area (Å²) in [7, 11) is 0. The molecule has 1 aromatic heterocycles. The van der Waals surface area contributed by atoms with Gasteiger partial charge in [0, 0.05) is 41.9 Å². The van der Waals surface area contributed by atoms with Crippen LogP contribution in [0.2, 0.25) is 0 Å². The number of hydrogen-bond donors (Lipinski definition) is 0. The molecule has 0 spiro atoms. The molecule has 190 valence electrons. The normalized spacial score (nSPS) is 38.1. The molecule has 5 nitrogen and oxygen atoms in total. The Labute approximate surface area is 206 Å². The van der Waals surface area contributed by atoms with Crippen LogP contribution < -0.4 is 0 Å². The second-order valence-corrected chi connectivity index (χ2v) is 10.7. The second kappa shape index (κ2) is 10.8. The van der Waals surface area contributed by atoms with Crippen LogP contribution in [0.5, 0.6) is 0 Å². The van der Waals surface area contributed by atoms with E-state index in [0.29, 0.717) is 23.7 Å². The third-order valence-electron chi connectivity index (χ3n) is 9.46. The van der Waals surface area contributed by atoms with E-state index in [1.54, 1.807) is 13.1 Å². The average molecular weight is 471 g/mol. The number of ether oxygens (including phenoxy) is 1. The molecule has 1 heterocycles. The first-order chi connectivity index (χ1) is 16.4. The van der Waals surface area contributed by atoms with Gasteiger partial charge in [-0.3, -0.25) is 9.59 Å². The van der Waals surface area contributed by atoms with Crippen LogP contribution in [0.4, 0.5) is 0 Å². The molecule has 34 heavy (non-hydrogen) atoms. The van der Waals surface area contributed by atoms with Crippen molar-refractivity contribution in [3.8, 4) is 0 Å². The van der Waals surface area contributed by atoms with Crippen LogP contribution in [0, 0.1) is 34.5 Å². The molecular weight excluding hydrogens is 424 g/mol. The highest BCUT2D eigenvalue weighted by Gasteiger charge is 2.62. The molecule has 7 atom stereocenters. The molecule has 0 amide bonds. The van der Waals surface area contributed by atoms with Gasteiger partial charge in [-0.15, -0.1) is 0 Å². The van der Waals surface area contributed by atoms with Gasteiger partial charge in [-0.2, -0.15) is 0 Å². The summed E-state index contributed by atoms with van der Waals surface area (Å²) >= 11 is 0. The van der Waals surface area contributed by atoms with Crippen LogP contribution >= 0.6 is 0 Å². The van der Waals surface area contributed by atoms with E-state index in [9.17, 15) is 9.59 Å². The van der Waals surface area contributed by atoms with E-state index in [2.05, 4.69) is 23.4 Å². The Bertz CT molecular complexity index is 876. The zero-order valence-electron chi connectivity index (χ0n) is 22.5. The van der Waals surface area contributed by atoms with Gasteiger partial charge in [0.15, 0.2) is 0 Å². The largest absolute Gasteiger partial charge is 0.462 e. The van der Waals surface area contributed by atoms with Crippen molar-refractivity contribution in [2.75, 3.05) is 0 Å². The third-order valence-corrected chi connectivity index (χ3v) is 9.46. The van der Waals surface area contributed by atoms with Crippen molar-refractivity contribution in [1.82, 2.24) is 9.55 Å². The lowest BCUT2D eigenvalue weighted by Crippen LogP contribution is -2.57. The van der Waals surface area contributed by atoms with Gasteiger partial charge in [-0.25, -0.2) is 4.98 Å². The highest BCUT2D eigenvalue weighted by molar-refractivity contribution is 5.86.